The molecule has 0 amide bonds. The van der Waals surface area contributed by atoms with Crippen LogP contribution in [-0.2, 0) is 6.54 Å². The van der Waals surface area contributed by atoms with Crippen LogP contribution in [0.1, 0.15) is 24.1 Å². The van der Waals surface area contributed by atoms with Gasteiger partial charge < -0.3 is 5.32 Å². The molecule has 100 valence electrons. The van der Waals surface area contributed by atoms with E-state index in [0.717, 1.165) is 10.0 Å². The summed E-state index contributed by atoms with van der Waals surface area (Å²) in [5.41, 5.74) is 1.76. The van der Waals surface area contributed by atoms with Gasteiger partial charge in [0.1, 0.15) is 5.82 Å². The van der Waals surface area contributed by atoms with Gasteiger partial charge in [-0.25, -0.2) is 4.39 Å². The number of hydrogen-bond acceptors (Lipinski definition) is 1. The molecule has 1 atom stereocenters. The quantitative estimate of drug-likeness (QED) is 0.816. The minimum atomic E-state index is -0.278. The van der Waals surface area contributed by atoms with Gasteiger partial charge in [0.15, 0.2) is 0 Å². The molecule has 0 aliphatic carbocycles. The molecule has 0 fully saturated rings. The third-order valence-electron chi connectivity index (χ3n) is 2.99. The van der Waals surface area contributed by atoms with Crippen molar-refractivity contribution < 1.29 is 4.39 Å². The second-order valence-electron chi connectivity index (χ2n) is 4.36. The van der Waals surface area contributed by atoms with Crippen LogP contribution in [0, 0.1) is 5.82 Å². The average molecular weight is 343 g/mol. The Kier molecular flexibility index (Phi) is 4.97. The third-order valence-corrected chi connectivity index (χ3v) is 3.94. The molecule has 4 heteroatoms. The summed E-state index contributed by atoms with van der Waals surface area (Å²) < 4.78 is 14.7. The minimum Gasteiger partial charge on any atom is -0.306 e. The molecule has 1 nitrogen and oxygen atoms in total. The van der Waals surface area contributed by atoms with Crippen molar-refractivity contribution in [1.82, 2.24) is 5.32 Å². The van der Waals surface area contributed by atoms with Gasteiger partial charge in [-0.1, -0.05) is 51.8 Å². The molecule has 2 aromatic carbocycles. The third kappa shape index (κ3) is 3.78. The highest BCUT2D eigenvalue weighted by Gasteiger charge is 2.09. The van der Waals surface area contributed by atoms with E-state index < -0.39 is 0 Å². The van der Waals surface area contributed by atoms with E-state index in [1.54, 1.807) is 12.1 Å². The molecular weight excluding hydrogens is 329 g/mol. The largest absolute Gasteiger partial charge is 0.306 e. The molecule has 0 spiro atoms. The first-order valence-corrected chi connectivity index (χ1v) is 7.17. The molecule has 0 saturated carbocycles. The summed E-state index contributed by atoms with van der Waals surface area (Å²) in [6.07, 6.45) is 0. The number of nitrogens with one attached hydrogen (secondary N) is 1. The molecule has 2 rings (SSSR count). The first-order valence-electron chi connectivity index (χ1n) is 5.99. The van der Waals surface area contributed by atoms with Gasteiger partial charge in [-0.2, -0.15) is 0 Å². The Bertz CT molecular complexity index is 574. The van der Waals surface area contributed by atoms with E-state index >= 15 is 0 Å². The monoisotopic (exact) mass is 341 g/mol. The highest BCUT2D eigenvalue weighted by atomic mass is 79.9. The van der Waals surface area contributed by atoms with Crippen molar-refractivity contribution in [3.05, 3.63) is 68.9 Å². The molecule has 0 aromatic heterocycles. The number of halogens is 3. The number of rotatable bonds is 4. The van der Waals surface area contributed by atoms with Crippen LogP contribution in [0.2, 0.25) is 5.02 Å². The van der Waals surface area contributed by atoms with E-state index in [4.69, 9.17) is 11.6 Å². The summed E-state index contributed by atoms with van der Waals surface area (Å²) >= 11 is 9.25. The van der Waals surface area contributed by atoms with Crippen LogP contribution in [0.25, 0.3) is 0 Å². The Morgan fingerprint density at radius 1 is 1.26 bits per heavy atom. The first kappa shape index (κ1) is 14.5. The molecule has 1 N–H and O–H groups in total. The van der Waals surface area contributed by atoms with Crippen LogP contribution in [0.5, 0.6) is 0 Å². The molecule has 0 saturated heterocycles. The van der Waals surface area contributed by atoms with Crippen LogP contribution in [0.15, 0.2) is 46.9 Å². The van der Waals surface area contributed by atoms with E-state index in [-0.39, 0.29) is 11.9 Å². The Balaban J connectivity index is 2.04. The van der Waals surface area contributed by atoms with Gasteiger partial charge in [-0.15, -0.1) is 0 Å². The fraction of sp³-hybridized carbons (Fsp3) is 0.200. The van der Waals surface area contributed by atoms with E-state index in [1.165, 1.54) is 6.07 Å². The zero-order valence-corrected chi connectivity index (χ0v) is 12.8. The van der Waals surface area contributed by atoms with Crippen molar-refractivity contribution in [3.63, 3.8) is 0 Å². The molecule has 2 aromatic rings. The summed E-state index contributed by atoms with van der Waals surface area (Å²) in [7, 11) is 0. The maximum absolute atomic E-state index is 13.6. The number of hydrogen-bond donors (Lipinski definition) is 1. The topological polar surface area (TPSA) is 12.0 Å². The molecule has 0 aliphatic rings. The Morgan fingerprint density at radius 3 is 2.68 bits per heavy atom. The van der Waals surface area contributed by atoms with Gasteiger partial charge in [-0.05, 0) is 30.7 Å². The molecule has 0 radical (unpaired) electrons. The lowest BCUT2D eigenvalue weighted by atomic mass is 10.1. The predicted molar refractivity (Wildman–Crippen MR) is 80.8 cm³/mol. The van der Waals surface area contributed by atoms with E-state index in [0.29, 0.717) is 17.1 Å². The van der Waals surface area contributed by atoms with Crippen molar-refractivity contribution in [2.45, 2.75) is 19.5 Å². The maximum atomic E-state index is 13.6. The molecule has 1 unspecified atom stereocenters. The SMILES string of the molecule is CC(NCc1ccc(Cl)cc1F)c1ccccc1Br. The Morgan fingerprint density at radius 2 is 2.00 bits per heavy atom. The van der Waals surface area contributed by atoms with Crippen LogP contribution >= 0.6 is 27.5 Å². The lowest BCUT2D eigenvalue weighted by molar-refractivity contribution is 0.543. The van der Waals surface area contributed by atoms with Gasteiger partial charge in [0, 0.05) is 27.6 Å². The van der Waals surface area contributed by atoms with Gasteiger partial charge in [0.05, 0.1) is 0 Å². The van der Waals surface area contributed by atoms with Gasteiger partial charge >= 0.3 is 0 Å². The van der Waals surface area contributed by atoms with Crippen LogP contribution in [0.3, 0.4) is 0 Å². The standard InChI is InChI=1S/C15H14BrClFN/c1-10(13-4-2-3-5-14(13)16)19-9-11-6-7-12(17)8-15(11)18/h2-8,10,19H,9H2,1H3. The molecule has 0 aliphatic heterocycles. The van der Waals surface area contributed by atoms with E-state index in [9.17, 15) is 4.39 Å². The second-order valence-corrected chi connectivity index (χ2v) is 5.65. The predicted octanol–water partition coefficient (Wildman–Crippen LogP) is 5.09. The van der Waals surface area contributed by atoms with Crippen molar-refractivity contribution in [1.29, 1.82) is 0 Å². The highest BCUT2D eigenvalue weighted by molar-refractivity contribution is 9.10. The zero-order chi connectivity index (χ0) is 13.8. The van der Waals surface area contributed by atoms with Crippen molar-refractivity contribution in [2.75, 3.05) is 0 Å². The van der Waals surface area contributed by atoms with Crippen LogP contribution in [0.4, 0.5) is 4.39 Å². The van der Waals surface area contributed by atoms with Gasteiger partial charge in [0.2, 0.25) is 0 Å². The lowest BCUT2D eigenvalue weighted by Crippen LogP contribution is -2.19. The average Bonchev–Trinajstić information content (AvgIpc) is 2.38. The summed E-state index contributed by atoms with van der Waals surface area (Å²) in [5.74, 6) is -0.278. The normalized spacial score (nSPS) is 12.4. The summed E-state index contributed by atoms with van der Waals surface area (Å²) in [4.78, 5) is 0. The Labute approximate surface area is 125 Å². The smallest absolute Gasteiger partial charge is 0.129 e. The van der Waals surface area contributed by atoms with Gasteiger partial charge in [-0.3, -0.25) is 0 Å². The summed E-state index contributed by atoms with van der Waals surface area (Å²) in [6.45, 7) is 2.51. The van der Waals surface area contributed by atoms with Crippen molar-refractivity contribution >= 4 is 27.5 Å². The summed E-state index contributed by atoms with van der Waals surface area (Å²) in [6, 6.07) is 12.9. The van der Waals surface area contributed by atoms with Crippen molar-refractivity contribution in [2.24, 2.45) is 0 Å². The van der Waals surface area contributed by atoms with Crippen molar-refractivity contribution in [3.8, 4) is 0 Å². The first-order chi connectivity index (χ1) is 9.08. The molecule has 0 heterocycles. The van der Waals surface area contributed by atoms with E-state index in [2.05, 4.69) is 21.2 Å². The van der Waals surface area contributed by atoms with E-state index in [1.807, 2.05) is 31.2 Å². The highest BCUT2D eigenvalue weighted by Crippen LogP contribution is 2.23. The summed E-state index contributed by atoms with van der Waals surface area (Å²) in [5, 5.41) is 3.72. The zero-order valence-electron chi connectivity index (χ0n) is 10.5. The molecule has 0 bridgehead atoms. The molecule has 19 heavy (non-hydrogen) atoms. The molecular formula is C15H14BrClFN. The number of benzene rings is 2. The van der Waals surface area contributed by atoms with Crippen LogP contribution < -0.4 is 5.32 Å². The maximum Gasteiger partial charge on any atom is 0.129 e. The van der Waals surface area contributed by atoms with Crippen LogP contribution in [-0.4, -0.2) is 0 Å². The fourth-order valence-corrected chi connectivity index (χ4v) is 2.65. The second kappa shape index (κ2) is 6.51. The Hall–Kier alpha value is -0.900. The lowest BCUT2D eigenvalue weighted by Gasteiger charge is -2.16. The fourth-order valence-electron chi connectivity index (χ4n) is 1.86. The van der Waals surface area contributed by atoms with Gasteiger partial charge in [0.25, 0.3) is 0 Å². The minimum absolute atomic E-state index is 0.130.